The number of halogens is 1. The summed E-state index contributed by atoms with van der Waals surface area (Å²) in [6.45, 7) is 1.02. The molecule has 0 aromatic heterocycles. The fourth-order valence-corrected chi connectivity index (χ4v) is 4.99. The third-order valence-electron chi connectivity index (χ3n) is 4.79. The molecule has 0 radical (unpaired) electrons. The number of carbonyl (C=O) groups is 2. The van der Waals surface area contributed by atoms with Crippen LogP contribution < -0.4 is 14.8 Å². The number of hydrogen-bond acceptors (Lipinski definition) is 7. The Hall–Kier alpha value is -2.67. The zero-order valence-electron chi connectivity index (χ0n) is 17.3. The average molecular weight is 529 g/mol. The summed E-state index contributed by atoms with van der Waals surface area (Å²) in [7, 11) is -1.09. The summed E-state index contributed by atoms with van der Waals surface area (Å²) >= 11 is 3.26. The first-order valence-electron chi connectivity index (χ1n) is 9.37. The van der Waals surface area contributed by atoms with Crippen LogP contribution in [0.25, 0.3) is 0 Å². The third kappa shape index (κ3) is 4.88. The predicted octanol–water partition coefficient (Wildman–Crippen LogP) is 2.44. The van der Waals surface area contributed by atoms with Crippen molar-refractivity contribution in [1.82, 2.24) is 4.31 Å². The number of nitrogens with one attached hydrogen (secondary N) is 1. The van der Waals surface area contributed by atoms with Gasteiger partial charge in [0.25, 0.3) is 5.91 Å². The number of anilines is 1. The molecule has 2 N–H and O–H groups in total. The van der Waals surface area contributed by atoms with Crippen molar-refractivity contribution in [2.45, 2.75) is 4.90 Å². The van der Waals surface area contributed by atoms with E-state index in [4.69, 9.17) is 14.2 Å². The Bertz CT molecular complexity index is 1150. The number of aromatic carboxylic acids is 1. The van der Waals surface area contributed by atoms with Crippen LogP contribution in [0.2, 0.25) is 0 Å². The lowest BCUT2D eigenvalue weighted by molar-refractivity contribution is 0.0697. The molecule has 10 nitrogen and oxygen atoms in total. The number of nitrogens with zero attached hydrogens (tertiary/aromatic N) is 1. The van der Waals surface area contributed by atoms with Crippen molar-refractivity contribution in [2.75, 3.05) is 45.8 Å². The Morgan fingerprint density at radius 2 is 1.69 bits per heavy atom. The van der Waals surface area contributed by atoms with Crippen LogP contribution in [0.5, 0.6) is 11.5 Å². The van der Waals surface area contributed by atoms with Gasteiger partial charge in [0.2, 0.25) is 10.0 Å². The average Bonchev–Trinajstić information content (AvgIpc) is 2.79. The molecule has 1 saturated heterocycles. The van der Waals surface area contributed by atoms with E-state index >= 15 is 0 Å². The summed E-state index contributed by atoms with van der Waals surface area (Å²) in [6.07, 6.45) is 0. The second kappa shape index (κ2) is 9.86. The molecule has 1 aliphatic heterocycles. The van der Waals surface area contributed by atoms with Crippen molar-refractivity contribution < 1.29 is 37.3 Å². The molecule has 12 heteroatoms. The van der Waals surface area contributed by atoms with Gasteiger partial charge in [0.15, 0.2) is 11.5 Å². The van der Waals surface area contributed by atoms with Crippen molar-refractivity contribution in [3.05, 3.63) is 45.9 Å². The Kier molecular flexibility index (Phi) is 7.39. The molecule has 0 unspecified atom stereocenters. The molecular formula is C20H21BrN2O8S. The van der Waals surface area contributed by atoms with E-state index in [1.54, 1.807) is 0 Å². The summed E-state index contributed by atoms with van der Waals surface area (Å²) in [6, 6.07) is 6.64. The smallest absolute Gasteiger partial charge is 0.337 e. The Morgan fingerprint density at radius 3 is 2.28 bits per heavy atom. The first-order valence-corrected chi connectivity index (χ1v) is 11.6. The third-order valence-corrected chi connectivity index (χ3v) is 7.38. The second-order valence-corrected chi connectivity index (χ2v) is 9.46. The second-order valence-electron chi connectivity index (χ2n) is 6.67. The molecule has 3 rings (SSSR count). The number of carboxylic acid groups (broad SMARTS) is 1. The molecule has 0 saturated carbocycles. The molecule has 1 fully saturated rings. The summed E-state index contributed by atoms with van der Waals surface area (Å²) in [5.41, 5.74) is -0.233. The van der Waals surface area contributed by atoms with Crippen molar-refractivity contribution in [3.63, 3.8) is 0 Å². The van der Waals surface area contributed by atoms with Crippen LogP contribution in [0.15, 0.2) is 39.7 Å². The zero-order chi connectivity index (χ0) is 23.5. The molecule has 2 aromatic rings. The van der Waals surface area contributed by atoms with Crippen LogP contribution in [0.4, 0.5) is 5.69 Å². The molecule has 1 amide bonds. The Balaban J connectivity index is 1.97. The van der Waals surface area contributed by atoms with Crippen molar-refractivity contribution in [1.29, 1.82) is 0 Å². The molecule has 172 valence electrons. The highest BCUT2D eigenvalue weighted by Gasteiger charge is 2.28. The summed E-state index contributed by atoms with van der Waals surface area (Å²) < 4.78 is 43.0. The highest BCUT2D eigenvalue weighted by atomic mass is 79.9. The maximum Gasteiger partial charge on any atom is 0.337 e. The molecule has 0 spiro atoms. The van der Waals surface area contributed by atoms with Crippen LogP contribution in [0, 0.1) is 0 Å². The monoisotopic (exact) mass is 528 g/mol. The van der Waals surface area contributed by atoms with Crippen LogP contribution in [-0.4, -0.2) is 70.2 Å². The van der Waals surface area contributed by atoms with E-state index in [1.807, 2.05) is 0 Å². The number of ether oxygens (including phenoxy) is 3. The van der Waals surface area contributed by atoms with Gasteiger partial charge in [0, 0.05) is 29.7 Å². The minimum Gasteiger partial charge on any atom is -0.493 e. The summed E-state index contributed by atoms with van der Waals surface area (Å²) in [4.78, 5) is 24.6. The largest absolute Gasteiger partial charge is 0.493 e. The molecular weight excluding hydrogens is 508 g/mol. The molecule has 2 aromatic carbocycles. The van der Waals surface area contributed by atoms with E-state index in [9.17, 15) is 23.1 Å². The van der Waals surface area contributed by atoms with Crippen LogP contribution in [0.3, 0.4) is 0 Å². The first-order chi connectivity index (χ1) is 15.2. The number of benzene rings is 2. The standard InChI is InChI=1S/C20H21BrN2O8S/c1-29-17-10-14(20(25)26)16(11-18(17)30-2)22-19(24)13-9-12(3-4-15(13)21)32(27,28)23-5-7-31-8-6-23/h3-4,9-11H,5-8H2,1-2H3,(H,22,24)(H,25,26). The van der Waals surface area contributed by atoms with Crippen molar-refractivity contribution in [3.8, 4) is 11.5 Å². The lowest BCUT2D eigenvalue weighted by Crippen LogP contribution is -2.40. The lowest BCUT2D eigenvalue weighted by atomic mass is 10.1. The maximum absolute atomic E-state index is 13.0. The Labute approximate surface area is 193 Å². The molecule has 32 heavy (non-hydrogen) atoms. The van der Waals surface area contributed by atoms with Crippen molar-refractivity contribution >= 4 is 43.5 Å². The highest BCUT2D eigenvalue weighted by Crippen LogP contribution is 2.34. The fourth-order valence-electron chi connectivity index (χ4n) is 3.12. The molecule has 0 aliphatic carbocycles. The zero-order valence-corrected chi connectivity index (χ0v) is 19.7. The quantitative estimate of drug-likeness (QED) is 0.559. The van der Waals surface area contributed by atoms with Gasteiger partial charge < -0.3 is 24.6 Å². The summed E-state index contributed by atoms with van der Waals surface area (Å²) in [5.74, 6) is -1.59. The van der Waals surface area contributed by atoms with Gasteiger partial charge in [-0.1, -0.05) is 0 Å². The van der Waals surface area contributed by atoms with E-state index in [1.165, 1.54) is 48.9 Å². The summed E-state index contributed by atoms with van der Waals surface area (Å²) in [5, 5.41) is 12.0. The van der Waals surface area contributed by atoms with Gasteiger partial charge in [-0.3, -0.25) is 4.79 Å². The molecule has 0 bridgehead atoms. The van der Waals surface area contributed by atoms with Gasteiger partial charge in [0.05, 0.1) is 49.1 Å². The Morgan fingerprint density at radius 1 is 1.06 bits per heavy atom. The van der Waals surface area contributed by atoms with Crippen LogP contribution in [-0.2, 0) is 14.8 Å². The van der Waals surface area contributed by atoms with E-state index in [0.717, 1.165) is 0 Å². The normalized spacial score (nSPS) is 14.6. The minimum absolute atomic E-state index is 0.0189. The highest BCUT2D eigenvalue weighted by molar-refractivity contribution is 9.10. The maximum atomic E-state index is 13.0. The lowest BCUT2D eigenvalue weighted by Gasteiger charge is -2.26. The fraction of sp³-hybridized carbons (Fsp3) is 0.300. The molecule has 1 heterocycles. The van der Waals surface area contributed by atoms with Crippen LogP contribution in [0.1, 0.15) is 20.7 Å². The number of amides is 1. The number of carboxylic acids is 1. The van der Waals surface area contributed by atoms with Gasteiger partial charge in [-0.2, -0.15) is 4.31 Å². The number of hydrogen-bond donors (Lipinski definition) is 2. The molecule has 0 atom stereocenters. The van der Waals surface area contributed by atoms with Crippen molar-refractivity contribution in [2.24, 2.45) is 0 Å². The van der Waals surface area contributed by atoms with E-state index < -0.39 is 21.9 Å². The predicted molar refractivity (Wildman–Crippen MR) is 118 cm³/mol. The minimum atomic E-state index is -3.83. The van der Waals surface area contributed by atoms with Gasteiger partial charge in [0.1, 0.15) is 0 Å². The SMILES string of the molecule is COc1cc(NC(=O)c2cc(S(=O)(=O)N3CCOCC3)ccc2Br)c(C(=O)O)cc1OC. The number of sulfonamides is 1. The topological polar surface area (TPSA) is 131 Å². The number of morpholine rings is 1. The van der Waals surface area contributed by atoms with Gasteiger partial charge in [-0.15, -0.1) is 0 Å². The van der Waals surface area contributed by atoms with Crippen LogP contribution >= 0.6 is 15.9 Å². The van der Waals surface area contributed by atoms with Gasteiger partial charge >= 0.3 is 5.97 Å². The number of rotatable bonds is 7. The number of carbonyl (C=O) groups excluding carboxylic acids is 1. The van der Waals surface area contributed by atoms with E-state index in [2.05, 4.69) is 21.2 Å². The van der Waals surface area contributed by atoms with Gasteiger partial charge in [-0.25, -0.2) is 13.2 Å². The van der Waals surface area contributed by atoms with Gasteiger partial charge in [-0.05, 0) is 34.1 Å². The number of methoxy groups -OCH3 is 2. The van der Waals surface area contributed by atoms with E-state index in [-0.39, 0.29) is 46.3 Å². The molecule has 1 aliphatic rings. The van der Waals surface area contributed by atoms with E-state index in [0.29, 0.717) is 17.7 Å². The first kappa shape index (κ1) is 24.0.